The minimum absolute atomic E-state index is 0.0779. The summed E-state index contributed by atoms with van der Waals surface area (Å²) in [6, 6.07) is 8.16. The maximum Gasteiger partial charge on any atom is 0.243 e. The van der Waals surface area contributed by atoms with E-state index >= 15 is 0 Å². The largest absolute Gasteiger partial charge is 0.493 e. The van der Waals surface area contributed by atoms with Crippen LogP contribution in [-0.2, 0) is 10.2 Å². The van der Waals surface area contributed by atoms with Crippen LogP contribution in [0.3, 0.4) is 0 Å². The summed E-state index contributed by atoms with van der Waals surface area (Å²) in [5.74, 6) is 0.833. The maximum atomic E-state index is 11.0. The topological polar surface area (TPSA) is 38.3 Å². The second-order valence-electron chi connectivity index (χ2n) is 5.80. The van der Waals surface area contributed by atoms with Gasteiger partial charge in [0.25, 0.3) is 0 Å². The summed E-state index contributed by atoms with van der Waals surface area (Å²) in [5, 5.41) is 2.75. The lowest BCUT2D eigenvalue weighted by molar-refractivity contribution is -0.116. The third kappa shape index (κ3) is 5.47. The number of carbonyl (C=O) groups excluding carboxylic acids is 1. The van der Waals surface area contributed by atoms with Crippen molar-refractivity contribution in [2.45, 2.75) is 39.0 Å². The number of para-hydroxylation sites is 1. The van der Waals surface area contributed by atoms with E-state index in [-0.39, 0.29) is 11.3 Å². The average Bonchev–Trinajstić information content (AvgIpc) is 2.41. The Morgan fingerprint density at radius 2 is 2.00 bits per heavy atom. The highest BCUT2D eigenvalue weighted by atomic mass is 16.5. The molecule has 1 aromatic rings. The molecule has 0 heterocycles. The Labute approximate surface area is 122 Å². The monoisotopic (exact) mass is 275 g/mol. The van der Waals surface area contributed by atoms with E-state index in [0.717, 1.165) is 18.6 Å². The van der Waals surface area contributed by atoms with Crippen LogP contribution >= 0.6 is 0 Å². The van der Waals surface area contributed by atoms with Crippen molar-refractivity contribution < 1.29 is 9.53 Å². The summed E-state index contributed by atoms with van der Waals surface area (Å²) in [6.45, 7) is 11.3. The van der Waals surface area contributed by atoms with E-state index in [1.54, 1.807) is 0 Å². The predicted octanol–water partition coefficient (Wildman–Crippen LogP) is 3.45. The van der Waals surface area contributed by atoms with E-state index in [2.05, 4.69) is 38.7 Å². The molecule has 1 N–H and O–H groups in total. The van der Waals surface area contributed by atoms with Crippen LogP contribution in [-0.4, -0.2) is 19.1 Å². The fourth-order valence-electron chi connectivity index (χ4n) is 1.91. The zero-order valence-electron chi connectivity index (χ0n) is 12.7. The number of ether oxygens (including phenoxy) is 1. The Morgan fingerprint density at radius 3 is 2.65 bits per heavy atom. The molecular formula is C17H25NO2. The molecule has 0 aliphatic heterocycles. The molecule has 0 saturated heterocycles. The summed E-state index contributed by atoms with van der Waals surface area (Å²) in [7, 11) is 0. The van der Waals surface area contributed by atoms with Crippen molar-refractivity contribution >= 4 is 5.91 Å². The number of nitrogens with one attached hydrogen (secondary N) is 1. The Bertz CT molecular complexity index is 447. The minimum atomic E-state index is -0.121. The number of hydrogen-bond donors (Lipinski definition) is 1. The number of rotatable bonds is 7. The summed E-state index contributed by atoms with van der Waals surface area (Å²) in [5.41, 5.74) is 1.30. The highest BCUT2D eigenvalue weighted by Crippen LogP contribution is 2.30. The molecule has 0 aromatic heterocycles. The molecule has 0 unspecified atom stereocenters. The molecule has 0 bridgehead atoms. The van der Waals surface area contributed by atoms with Gasteiger partial charge in [-0.05, 0) is 36.0 Å². The average molecular weight is 275 g/mol. The second kappa shape index (κ2) is 7.73. The zero-order chi connectivity index (χ0) is 15.0. The van der Waals surface area contributed by atoms with Gasteiger partial charge >= 0.3 is 0 Å². The van der Waals surface area contributed by atoms with Gasteiger partial charge < -0.3 is 10.1 Å². The van der Waals surface area contributed by atoms with Gasteiger partial charge in [0.05, 0.1) is 6.61 Å². The molecule has 0 spiro atoms. The zero-order valence-corrected chi connectivity index (χ0v) is 12.7. The normalized spacial score (nSPS) is 10.9. The SMILES string of the molecule is C=CC(=O)NCCCCOc1ccccc1C(C)(C)C. The summed E-state index contributed by atoms with van der Waals surface area (Å²) < 4.78 is 5.86. The molecule has 0 atom stereocenters. The highest BCUT2D eigenvalue weighted by molar-refractivity contribution is 5.86. The van der Waals surface area contributed by atoms with Crippen molar-refractivity contribution in [1.29, 1.82) is 0 Å². The van der Waals surface area contributed by atoms with Crippen LogP contribution in [0.5, 0.6) is 5.75 Å². The van der Waals surface area contributed by atoms with Gasteiger partial charge in [0.2, 0.25) is 5.91 Å². The summed E-state index contributed by atoms with van der Waals surface area (Å²) in [4.78, 5) is 11.0. The minimum Gasteiger partial charge on any atom is -0.493 e. The Kier molecular flexibility index (Phi) is 6.29. The number of benzene rings is 1. The first kappa shape index (κ1) is 16.3. The smallest absolute Gasteiger partial charge is 0.243 e. The van der Waals surface area contributed by atoms with Crippen LogP contribution in [0.1, 0.15) is 39.2 Å². The number of unbranched alkanes of at least 4 members (excludes halogenated alkanes) is 1. The molecule has 110 valence electrons. The molecule has 3 heteroatoms. The molecule has 1 aromatic carbocycles. The maximum absolute atomic E-state index is 11.0. The van der Waals surface area contributed by atoms with Crippen molar-refractivity contribution in [3.8, 4) is 5.75 Å². The van der Waals surface area contributed by atoms with Gasteiger partial charge in [0.1, 0.15) is 5.75 Å². The van der Waals surface area contributed by atoms with Crippen LogP contribution in [0.25, 0.3) is 0 Å². The van der Waals surface area contributed by atoms with E-state index in [0.29, 0.717) is 13.2 Å². The van der Waals surface area contributed by atoms with E-state index in [9.17, 15) is 4.79 Å². The molecule has 1 rings (SSSR count). The predicted molar refractivity (Wildman–Crippen MR) is 83.1 cm³/mol. The lowest BCUT2D eigenvalue weighted by Gasteiger charge is -2.22. The van der Waals surface area contributed by atoms with Crippen molar-refractivity contribution in [2.75, 3.05) is 13.2 Å². The van der Waals surface area contributed by atoms with E-state index < -0.39 is 0 Å². The fraction of sp³-hybridized carbons (Fsp3) is 0.471. The van der Waals surface area contributed by atoms with Gasteiger partial charge in [0, 0.05) is 6.54 Å². The van der Waals surface area contributed by atoms with Crippen LogP contribution in [0, 0.1) is 0 Å². The fourth-order valence-corrected chi connectivity index (χ4v) is 1.91. The molecular weight excluding hydrogens is 250 g/mol. The first-order valence-corrected chi connectivity index (χ1v) is 7.07. The molecule has 0 radical (unpaired) electrons. The van der Waals surface area contributed by atoms with E-state index in [1.807, 2.05) is 18.2 Å². The first-order valence-electron chi connectivity index (χ1n) is 7.07. The van der Waals surface area contributed by atoms with E-state index in [1.165, 1.54) is 11.6 Å². The first-order chi connectivity index (χ1) is 9.45. The molecule has 1 amide bonds. The van der Waals surface area contributed by atoms with Gasteiger partial charge in [-0.25, -0.2) is 0 Å². The van der Waals surface area contributed by atoms with Crippen molar-refractivity contribution in [2.24, 2.45) is 0 Å². The van der Waals surface area contributed by atoms with Crippen molar-refractivity contribution in [3.05, 3.63) is 42.5 Å². The lowest BCUT2D eigenvalue weighted by atomic mass is 9.86. The van der Waals surface area contributed by atoms with E-state index in [4.69, 9.17) is 4.74 Å². The Balaban J connectivity index is 2.36. The molecule has 0 fully saturated rings. The quantitative estimate of drug-likeness (QED) is 0.611. The standard InChI is InChI=1S/C17H25NO2/c1-5-16(19)18-12-8-9-13-20-15-11-7-6-10-14(15)17(2,3)4/h5-7,10-11H,1,8-9,12-13H2,2-4H3,(H,18,19). The van der Waals surface area contributed by atoms with Gasteiger partial charge in [0.15, 0.2) is 0 Å². The van der Waals surface area contributed by atoms with Gasteiger partial charge in [-0.3, -0.25) is 4.79 Å². The third-order valence-corrected chi connectivity index (χ3v) is 3.01. The van der Waals surface area contributed by atoms with Gasteiger partial charge in [-0.1, -0.05) is 45.5 Å². The number of carbonyl (C=O) groups is 1. The lowest BCUT2D eigenvalue weighted by Crippen LogP contribution is -2.22. The van der Waals surface area contributed by atoms with Crippen LogP contribution in [0.4, 0.5) is 0 Å². The molecule has 0 aliphatic carbocycles. The van der Waals surface area contributed by atoms with Crippen LogP contribution in [0.15, 0.2) is 36.9 Å². The number of hydrogen-bond acceptors (Lipinski definition) is 2. The highest BCUT2D eigenvalue weighted by Gasteiger charge is 2.18. The van der Waals surface area contributed by atoms with Gasteiger partial charge in [-0.2, -0.15) is 0 Å². The summed E-state index contributed by atoms with van der Waals surface area (Å²) in [6.07, 6.45) is 3.10. The van der Waals surface area contributed by atoms with Crippen LogP contribution < -0.4 is 10.1 Å². The molecule has 0 aliphatic rings. The molecule has 3 nitrogen and oxygen atoms in total. The van der Waals surface area contributed by atoms with Gasteiger partial charge in [-0.15, -0.1) is 0 Å². The summed E-state index contributed by atoms with van der Waals surface area (Å²) >= 11 is 0. The Morgan fingerprint density at radius 1 is 1.30 bits per heavy atom. The Hall–Kier alpha value is -1.77. The van der Waals surface area contributed by atoms with Crippen molar-refractivity contribution in [1.82, 2.24) is 5.32 Å². The molecule has 20 heavy (non-hydrogen) atoms. The molecule has 0 saturated carbocycles. The third-order valence-electron chi connectivity index (χ3n) is 3.01. The van der Waals surface area contributed by atoms with Crippen molar-refractivity contribution in [3.63, 3.8) is 0 Å². The second-order valence-corrected chi connectivity index (χ2v) is 5.80. The van der Waals surface area contributed by atoms with Crippen LogP contribution in [0.2, 0.25) is 0 Å². The number of amides is 1.